The summed E-state index contributed by atoms with van der Waals surface area (Å²) in [6, 6.07) is 5.93. The fraction of sp³-hybridized carbons (Fsp3) is 0.462. The summed E-state index contributed by atoms with van der Waals surface area (Å²) in [5, 5.41) is 7.85. The highest BCUT2D eigenvalue weighted by atomic mass is 32.2. The molecule has 2 atom stereocenters. The van der Waals surface area contributed by atoms with E-state index < -0.39 is 10.0 Å². The van der Waals surface area contributed by atoms with E-state index in [-0.39, 0.29) is 16.7 Å². The molecule has 3 rings (SSSR count). The minimum Gasteiger partial charge on any atom is -0.326 e. The van der Waals surface area contributed by atoms with Crippen molar-refractivity contribution in [1.29, 1.82) is 0 Å². The zero-order chi connectivity index (χ0) is 13.6. The Hall–Kier alpha value is -1.40. The van der Waals surface area contributed by atoms with Crippen molar-refractivity contribution in [3.05, 3.63) is 24.3 Å². The van der Waals surface area contributed by atoms with Gasteiger partial charge in [-0.05, 0) is 48.9 Å². The number of amides is 1. The van der Waals surface area contributed by atoms with E-state index in [9.17, 15) is 13.2 Å². The van der Waals surface area contributed by atoms with Gasteiger partial charge in [0.25, 0.3) is 0 Å². The zero-order valence-electron chi connectivity index (χ0n) is 10.4. The maximum atomic E-state index is 12.0. The van der Waals surface area contributed by atoms with Crippen LogP contribution >= 0.6 is 0 Å². The first kappa shape index (κ1) is 12.6. The number of nitrogens with one attached hydrogen (secondary N) is 1. The molecule has 6 heteroatoms. The van der Waals surface area contributed by atoms with Gasteiger partial charge >= 0.3 is 0 Å². The average molecular weight is 280 g/mol. The van der Waals surface area contributed by atoms with E-state index in [1.54, 1.807) is 12.1 Å². The number of fused-ring (bicyclic) bond motifs is 1. The third kappa shape index (κ3) is 2.37. The normalized spacial score (nSPS) is 28.8. The Balaban J connectivity index is 1.66. The first-order valence-corrected chi connectivity index (χ1v) is 7.95. The highest BCUT2D eigenvalue weighted by Crippen LogP contribution is 2.57. The first-order chi connectivity index (χ1) is 8.97. The van der Waals surface area contributed by atoms with Gasteiger partial charge in [-0.25, -0.2) is 13.6 Å². The third-order valence-corrected chi connectivity index (χ3v) is 5.09. The highest BCUT2D eigenvalue weighted by Gasteiger charge is 2.56. The zero-order valence-corrected chi connectivity index (χ0v) is 11.2. The predicted octanol–water partition coefficient (Wildman–Crippen LogP) is 1.32. The van der Waals surface area contributed by atoms with E-state index in [2.05, 4.69) is 5.32 Å². The fourth-order valence-corrected chi connectivity index (χ4v) is 3.68. The van der Waals surface area contributed by atoms with Crippen LogP contribution in [0, 0.1) is 17.8 Å². The van der Waals surface area contributed by atoms with Gasteiger partial charge in [0.15, 0.2) is 0 Å². The molecule has 0 radical (unpaired) electrons. The molecule has 0 aliphatic heterocycles. The van der Waals surface area contributed by atoms with Crippen LogP contribution in [0.2, 0.25) is 0 Å². The van der Waals surface area contributed by atoms with Gasteiger partial charge in [-0.1, -0.05) is 6.42 Å². The maximum absolute atomic E-state index is 12.0. The van der Waals surface area contributed by atoms with Gasteiger partial charge in [0.05, 0.1) is 4.90 Å². The van der Waals surface area contributed by atoms with Crippen molar-refractivity contribution in [2.24, 2.45) is 22.9 Å². The molecule has 0 heterocycles. The molecule has 1 aromatic rings. The quantitative estimate of drug-likeness (QED) is 0.875. The van der Waals surface area contributed by atoms with Crippen LogP contribution in [-0.4, -0.2) is 14.3 Å². The molecule has 1 aromatic carbocycles. The van der Waals surface area contributed by atoms with Gasteiger partial charge in [-0.2, -0.15) is 0 Å². The number of hydrogen-bond donors (Lipinski definition) is 2. The summed E-state index contributed by atoms with van der Waals surface area (Å²) in [5.41, 5.74) is 0.613. The predicted molar refractivity (Wildman–Crippen MR) is 70.8 cm³/mol. The van der Waals surface area contributed by atoms with Crippen molar-refractivity contribution >= 4 is 21.6 Å². The molecule has 2 aliphatic carbocycles. The number of hydrogen-bond acceptors (Lipinski definition) is 3. The minimum absolute atomic E-state index is 0.0498. The second-order valence-electron chi connectivity index (χ2n) is 5.34. The number of anilines is 1. The fourth-order valence-electron chi connectivity index (χ4n) is 3.16. The van der Waals surface area contributed by atoms with Gasteiger partial charge in [0, 0.05) is 11.6 Å². The first-order valence-electron chi connectivity index (χ1n) is 6.40. The van der Waals surface area contributed by atoms with Gasteiger partial charge in [0.1, 0.15) is 0 Å². The number of rotatable bonds is 3. The molecule has 0 spiro atoms. The Kier molecular flexibility index (Phi) is 2.87. The van der Waals surface area contributed by atoms with E-state index >= 15 is 0 Å². The van der Waals surface area contributed by atoms with Crippen LogP contribution < -0.4 is 10.5 Å². The number of primary sulfonamides is 1. The van der Waals surface area contributed by atoms with E-state index in [0.29, 0.717) is 17.5 Å². The van der Waals surface area contributed by atoms with E-state index in [4.69, 9.17) is 5.14 Å². The van der Waals surface area contributed by atoms with Gasteiger partial charge < -0.3 is 5.32 Å². The molecule has 0 bridgehead atoms. The Bertz CT molecular complexity index is 599. The second-order valence-corrected chi connectivity index (χ2v) is 6.90. The third-order valence-electron chi connectivity index (χ3n) is 4.16. The van der Waals surface area contributed by atoms with Crippen molar-refractivity contribution in [2.75, 3.05) is 5.32 Å². The van der Waals surface area contributed by atoms with Crippen molar-refractivity contribution in [3.8, 4) is 0 Å². The van der Waals surface area contributed by atoms with Crippen molar-refractivity contribution in [2.45, 2.75) is 24.2 Å². The van der Waals surface area contributed by atoms with Gasteiger partial charge in [-0.3, -0.25) is 4.79 Å². The van der Waals surface area contributed by atoms with Crippen molar-refractivity contribution < 1.29 is 13.2 Å². The monoisotopic (exact) mass is 280 g/mol. The summed E-state index contributed by atoms with van der Waals surface area (Å²) < 4.78 is 22.2. The molecule has 3 N–H and O–H groups in total. The van der Waals surface area contributed by atoms with E-state index in [1.165, 1.54) is 18.6 Å². The Morgan fingerprint density at radius 1 is 1.16 bits per heavy atom. The van der Waals surface area contributed by atoms with Crippen LogP contribution in [0.3, 0.4) is 0 Å². The molecular weight excluding hydrogens is 264 g/mol. The molecule has 2 saturated carbocycles. The minimum atomic E-state index is -3.68. The molecule has 2 unspecified atom stereocenters. The van der Waals surface area contributed by atoms with E-state index in [1.807, 2.05) is 0 Å². The molecule has 0 saturated heterocycles. The summed E-state index contributed by atoms with van der Waals surface area (Å²) in [6.45, 7) is 0. The van der Waals surface area contributed by atoms with E-state index in [0.717, 1.165) is 12.8 Å². The summed E-state index contributed by atoms with van der Waals surface area (Å²) in [4.78, 5) is 12.1. The standard InChI is InChI=1S/C13H16N2O3S/c14-19(17,18)9-6-4-8(5-7-9)15-13(16)12-10-2-1-3-11(10)12/h4-7,10-12H,1-3H2,(H,15,16)(H2,14,17,18). The molecule has 5 nitrogen and oxygen atoms in total. The lowest BCUT2D eigenvalue weighted by molar-refractivity contribution is -0.118. The Morgan fingerprint density at radius 3 is 2.26 bits per heavy atom. The summed E-state index contributed by atoms with van der Waals surface area (Å²) in [5.74, 6) is 1.36. The molecule has 19 heavy (non-hydrogen) atoms. The number of benzene rings is 1. The summed E-state index contributed by atoms with van der Waals surface area (Å²) >= 11 is 0. The van der Waals surface area contributed by atoms with Crippen molar-refractivity contribution in [1.82, 2.24) is 0 Å². The Labute approximate surface area is 112 Å². The van der Waals surface area contributed by atoms with Crippen LogP contribution in [0.25, 0.3) is 0 Å². The Morgan fingerprint density at radius 2 is 1.74 bits per heavy atom. The number of carbonyl (C=O) groups excluding carboxylic acids is 1. The molecule has 1 amide bonds. The lowest BCUT2D eigenvalue weighted by Crippen LogP contribution is -2.17. The van der Waals surface area contributed by atoms with Crippen LogP contribution in [0.5, 0.6) is 0 Å². The van der Waals surface area contributed by atoms with Crippen LogP contribution in [0.15, 0.2) is 29.2 Å². The van der Waals surface area contributed by atoms with Gasteiger partial charge in [0.2, 0.25) is 15.9 Å². The summed E-state index contributed by atoms with van der Waals surface area (Å²) in [7, 11) is -3.68. The van der Waals surface area contributed by atoms with Crippen LogP contribution in [-0.2, 0) is 14.8 Å². The molecule has 2 fully saturated rings. The molecule has 2 aliphatic rings. The van der Waals surface area contributed by atoms with Crippen LogP contribution in [0.4, 0.5) is 5.69 Å². The number of sulfonamides is 1. The topological polar surface area (TPSA) is 89.3 Å². The lowest BCUT2D eigenvalue weighted by atomic mass is 10.1. The van der Waals surface area contributed by atoms with Crippen molar-refractivity contribution in [3.63, 3.8) is 0 Å². The smallest absolute Gasteiger partial charge is 0.238 e. The van der Waals surface area contributed by atoms with Crippen LogP contribution in [0.1, 0.15) is 19.3 Å². The average Bonchev–Trinajstić information content (AvgIpc) is 2.83. The lowest BCUT2D eigenvalue weighted by Gasteiger charge is -2.07. The van der Waals surface area contributed by atoms with Gasteiger partial charge in [-0.15, -0.1) is 0 Å². The highest BCUT2D eigenvalue weighted by molar-refractivity contribution is 7.89. The molecule has 102 valence electrons. The second kappa shape index (κ2) is 4.31. The number of nitrogens with two attached hydrogens (primary N) is 1. The summed E-state index contributed by atoms with van der Waals surface area (Å²) in [6.07, 6.45) is 3.56. The largest absolute Gasteiger partial charge is 0.326 e. The molecule has 0 aromatic heterocycles. The number of carbonyl (C=O) groups is 1. The molecular formula is C13H16N2O3S. The maximum Gasteiger partial charge on any atom is 0.238 e. The SMILES string of the molecule is NS(=O)(=O)c1ccc(NC(=O)C2C3CCCC32)cc1.